The van der Waals surface area contributed by atoms with Crippen molar-refractivity contribution in [3.05, 3.63) is 54.4 Å². The lowest BCUT2D eigenvalue weighted by Gasteiger charge is -2.32. The van der Waals surface area contributed by atoms with E-state index in [4.69, 9.17) is 4.74 Å². The van der Waals surface area contributed by atoms with Crippen molar-refractivity contribution in [2.75, 3.05) is 33.8 Å². The molecule has 30 heavy (non-hydrogen) atoms. The number of ketones is 1. The average molecular weight is 414 g/mol. The Kier molecular flexibility index (Phi) is 6.87. The maximum atomic E-state index is 13.4. The van der Waals surface area contributed by atoms with Crippen molar-refractivity contribution >= 4 is 11.9 Å². The third kappa shape index (κ3) is 4.87. The van der Waals surface area contributed by atoms with Gasteiger partial charge in [-0.2, -0.15) is 0 Å². The minimum Gasteiger partial charge on any atom is -0.450 e. The molecule has 1 saturated heterocycles. The van der Waals surface area contributed by atoms with E-state index in [0.29, 0.717) is 49.5 Å². The summed E-state index contributed by atoms with van der Waals surface area (Å²) in [6, 6.07) is 5.99. The van der Waals surface area contributed by atoms with Gasteiger partial charge in [0.1, 0.15) is 11.5 Å². The van der Waals surface area contributed by atoms with Crippen molar-refractivity contribution in [2.45, 2.75) is 25.8 Å². The molecule has 1 aromatic heterocycles. The molecule has 8 heteroatoms. The minimum atomic E-state index is -0.343. The Hall–Kier alpha value is -3.16. The summed E-state index contributed by atoms with van der Waals surface area (Å²) in [4.78, 5) is 33.0. The summed E-state index contributed by atoms with van der Waals surface area (Å²) >= 11 is 0. The number of halogens is 1. The van der Waals surface area contributed by atoms with Crippen LogP contribution in [0.5, 0.6) is 0 Å². The standard InChI is InChI=1S/C22H27FN4O3/c1-4-30-22(29)26-13-9-18(10-14-26)27-15-24-20(16-5-7-17(23)8-6-16)21(27)19(28)11-12-25(2)3/h5-8,11-12,15,18H,4,9-10,13-14H2,1-3H3/b12-11+. The summed E-state index contributed by atoms with van der Waals surface area (Å²) < 4.78 is 20.3. The number of aromatic nitrogens is 2. The molecule has 160 valence electrons. The number of allylic oxidation sites excluding steroid dienone is 1. The van der Waals surface area contributed by atoms with Gasteiger partial charge in [0.25, 0.3) is 0 Å². The van der Waals surface area contributed by atoms with Gasteiger partial charge in [0.05, 0.1) is 18.6 Å². The number of carbonyl (C=O) groups excluding carboxylic acids is 2. The van der Waals surface area contributed by atoms with Crippen LogP contribution in [0, 0.1) is 5.82 Å². The van der Waals surface area contributed by atoms with Crippen molar-refractivity contribution in [3.63, 3.8) is 0 Å². The fraction of sp³-hybridized carbons (Fsp3) is 0.409. The van der Waals surface area contributed by atoms with E-state index in [1.807, 2.05) is 18.7 Å². The topological polar surface area (TPSA) is 67.7 Å². The molecule has 0 unspecified atom stereocenters. The lowest BCUT2D eigenvalue weighted by Crippen LogP contribution is -2.39. The first-order chi connectivity index (χ1) is 14.4. The van der Waals surface area contributed by atoms with Crippen LogP contribution in [0.15, 0.2) is 42.9 Å². The number of amides is 1. The van der Waals surface area contributed by atoms with Gasteiger partial charge in [-0.15, -0.1) is 0 Å². The number of piperidine rings is 1. The largest absolute Gasteiger partial charge is 0.450 e. The first kappa shape index (κ1) is 21.5. The van der Waals surface area contributed by atoms with E-state index in [1.54, 1.807) is 41.4 Å². The van der Waals surface area contributed by atoms with E-state index in [0.717, 1.165) is 0 Å². The molecule has 2 aromatic rings. The molecule has 0 radical (unpaired) electrons. The Morgan fingerprint density at radius 3 is 2.50 bits per heavy atom. The molecule has 0 atom stereocenters. The van der Waals surface area contributed by atoms with E-state index in [1.165, 1.54) is 18.2 Å². The highest BCUT2D eigenvalue weighted by Gasteiger charge is 2.28. The third-order valence-electron chi connectivity index (χ3n) is 5.05. The number of ether oxygens (including phenoxy) is 1. The van der Waals surface area contributed by atoms with Gasteiger partial charge in [-0.3, -0.25) is 4.79 Å². The molecule has 0 bridgehead atoms. The van der Waals surface area contributed by atoms with Gasteiger partial charge in [0, 0.05) is 51.1 Å². The molecule has 2 heterocycles. The number of hydrogen-bond acceptors (Lipinski definition) is 5. The Morgan fingerprint density at radius 1 is 1.23 bits per heavy atom. The van der Waals surface area contributed by atoms with Crippen molar-refractivity contribution in [2.24, 2.45) is 0 Å². The predicted molar refractivity (Wildman–Crippen MR) is 112 cm³/mol. The molecule has 1 fully saturated rings. The summed E-state index contributed by atoms with van der Waals surface area (Å²) in [5.41, 5.74) is 1.67. The fourth-order valence-corrected chi connectivity index (χ4v) is 3.54. The van der Waals surface area contributed by atoms with Gasteiger partial charge in [0.2, 0.25) is 5.78 Å². The molecule has 1 aromatic carbocycles. The van der Waals surface area contributed by atoms with Crippen molar-refractivity contribution in [3.8, 4) is 11.3 Å². The number of nitrogens with zero attached hydrogens (tertiary/aromatic N) is 4. The first-order valence-corrected chi connectivity index (χ1v) is 10.0. The highest BCUT2D eigenvalue weighted by molar-refractivity contribution is 6.07. The minimum absolute atomic E-state index is 0.0316. The molecule has 3 rings (SSSR count). The van der Waals surface area contributed by atoms with Gasteiger partial charge in [-0.1, -0.05) is 0 Å². The molecule has 1 aliphatic rings. The zero-order chi connectivity index (χ0) is 21.7. The van der Waals surface area contributed by atoms with Crippen molar-refractivity contribution < 1.29 is 18.7 Å². The van der Waals surface area contributed by atoms with Crippen LogP contribution >= 0.6 is 0 Å². The van der Waals surface area contributed by atoms with Crippen LogP contribution in [0.25, 0.3) is 11.3 Å². The van der Waals surface area contributed by atoms with E-state index in [2.05, 4.69) is 4.98 Å². The second-order valence-electron chi connectivity index (χ2n) is 7.42. The first-order valence-electron chi connectivity index (χ1n) is 10.0. The van der Waals surface area contributed by atoms with Gasteiger partial charge < -0.3 is 19.1 Å². The zero-order valence-corrected chi connectivity index (χ0v) is 17.5. The molecular weight excluding hydrogens is 387 g/mol. The number of carbonyl (C=O) groups is 2. The third-order valence-corrected chi connectivity index (χ3v) is 5.05. The molecule has 0 aliphatic carbocycles. The number of rotatable bonds is 6. The highest BCUT2D eigenvalue weighted by atomic mass is 19.1. The van der Waals surface area contributed by atoms with Crippen LogP contribution in [0.2, 0.25) is 0 Å². The summed E-state index contributed by atoms with van der Waals surface area (Å²) in [5.74, 6) is -0.516. The maximum Gasteiger partial charge on any atom is 0.409 e. The quantitative estimate of drug-likeness (QED) is 0.532. The van der Waals surface area contributed by atoms with Gasteiger partial charge in [-0.25, -0.2) is 14.2 Å². The summed E-state index contributed by atoms with van der Waals surface area (Å²) in [6.45, 7) is 3.23. The normalized spacial score (nSPS) is 14.9. The van der Waals surface area contributed by atoms with Crippen LogP contribution in [-0.2, 0) is 4.74 Å². The Labute approximate surface area is 175 Å². The lowest BCUT2D eigenvalue weighted by molar-refractivity contribution is 0.0911. The molecule has 0 spiro atoms. The van der Waals surface area contributed by atoms with Crippen LogP contribution in [0.4, 0.5) is 9.18 Å². The predicted octanol–water partition coefficient (Wildman–Crippen LogP) is 3.74. The van der Waals surface area contributed by atoms with Crippen molar-refractivity contribution in [1.29, 1.82) is 0 Å². The summed E-state index contributed by atoms with van der Waals surface area (Å²) in [7, 11) is 3.68. The Morgan fingerprint density at radius 2 is 1.90 bits per heavy atom. The molecule has 1 amide bonds. The van der Waals surface area contributed by atoms with E-state index < -0.39 is 0 Å². The van der Waals surface area contributed by atoms with Crippen LogP contribution < -0.4 is 0 Å². The summed E-state index contributed by atoms with van der Waals surface area (Å²) in [6.07, 6.45) is 5.94. The van der Waals surface area contributed by atoms with Crippen LogP contribution in [0.3, 0.4) is 0 Å². The molecule has 0 N–H and O–H groups in total. The van der Waals surface area contributed by atoms with Crippen LogP contribution in [0.1, 0.15) is 36.3 Å². The molecule has 7 nitrogen and oxygen atoms in total. The second-order valence-corrected chi connectivity index (χ2v) is 7.42. The molecular formula is C22H27FN4O3. The van der Waals surface area contributed by atoms with Gasteiger partial charge in [0.15, 0.2) is 0 Å². The van der Waals surface area contributed by atoms with E-state index in [-0.39, 0.29) is 23.7 Å². The smallest absolute Gasteiger partial charge is 0.409 e. The van der Waals surface area contributed by atoms with Gasteiger partial charge >= 0.3 is 6.09 Å². The maximum absolute atomic E-state index is 13.4. The van der Waals surface area contributed by atoms with Gasteiger partial charge in [-0.05, 0) is 44.0 Å². The number of likely N-dealkylation sites (tertiary alicyclic amines) is 1. The van der Waals surface area contributed by atoms with E-state index >= 15 is 0 Å². The zero-order valence-electron chi connectivity index (χ0n) is 17.5. The monoisotopic (exact) mass is 414 g/mol. The number of imidazole rings is 1. The highest BCUT2D eigenvalue weighted by Crippen LogP contribution is 2.30. The molecule has 1 aliphatic heterocycles. The SMILES string of the molecule is CCOC(=O)N1CCC(n2cnc(-c3ccc(F)cc3)c2C(=O)/C=C/N(C)C)CC1. The fourth-order valence-electron chi connectivity index (χ4n) is 3.54. The lowest BCUT2D eigenvalue weighted by atomic mass is 10.0. The Balaban J connectivity index is 1.90. The molecule has 0 saturated carbocycles. The average Bonchev–Trinajstić information content (AvgIpc) is 3.18. The van der Waals surface area contributed by atoms with E-state index in [9.17, 15) is 14.0 Å². The Bertz CT molecular complexity index is 913. The number of benzene rings is 1. The number of hydrogen-bond donors (Lipinski definition) is 0. The summed E-state index contributed by atoms with van der Waals surface area (Å²) in [5, 5.41) is 0. The van der Waals surface area contributed by atoms with Crippen molar-refractivity contribution in [1.82, 2.24) is 19.4 Å². The van der Waals surface area contributed by atoms with Crippen LogP contribution in [-0.4, -0.2) is 65.0 Å². The second kappa shape index (κ2) is 9.56.